The normalized spacial score (nSPS) is 12.3. The molecule has 0 bridgehead atoms. The summed E-state index contributed by atoms with van der Waals surface area (Å²) in [7, 11) is 0. The van der Waals surface area contributed by atoms with Crippen molar-refractivity contribution in [3.63, 3.8) is 0 Å². The third-order valence-electron chi connectivity index (χ3n) is 4.48. The van der Waals surface area contributed by atoms with Gasteiger partial charge in [0.2, 0.25) is 0 Å². The van der Waals surface area contributed by atoms with Gasteiger partial charge < -0.3 is 9.47 Å². The Morgan fingerprint density at radius 1 is 1.23 bits per heavy atom. The number of nitrogens with zero attached hydrogens (tertiary/aromatic N) is 3. The predicted molar refractivity (Wildman–Crippen MR) is 124 cm³/mol. The maximum atomic E-state index is 13.0. The van der Waals surface area contributed by atoms with E-state index >= 15 is 0 Å². The zero-order valence-electron chi connectivity index (χ0n) is 17.7. The van der Waals surface area contributed by atoms with Crippen molar-refractivity contribution in [3.05, 3.63) is 68.7 Å². The summed E-state index contributed by atoms with van der Waals surface area (Å²) in [5.74, 6) is 0.743. The van der Waals surface area contributed by atoms with E-state index in [0.717, 1.165) is 16.5 Å². The Bertz CT molecular complexity index is 1160. The Balaban J connectivity index is 1.85. The molecule has 0 aliphatic carbocycles. The number of aromatic nitrogens is 2. The highest BCUT2D eigenvalue weighted by molar-refractivity contribution is 9.10. The third-order valence-corrected chi connectivity index (χ3v) is 4.98. The molecule has 3 rings (SSSR count). The molecule has 3 aromatic rings. The number of ether oxygens (including phenoxy) is 2. The van der Waals surface area contributed by atoms with E-state index in [4.69, 9.17) is 9.47 Å². The van der Waals surface area contributed by atoms with Gasteiger partial charge in [-0.15, -0.1) is 0 Å². The van der Waals surface area contributed by atoms with Crippen LogP contribution in [0, 0.1) is 0 Å². The minimum absolute atomic E-state index is 0.214. The van der Waals surface area contributed by atoms with Crippen LogP contribution in [-0.2, 0) is 16.0 Å². The molecule has 1 atom stereocenters. The molecular formula is C23H24BrN3O4. The van der Waals surface area contributed by atoms with Gasteiger partial charge in [0.1, 0.15) is 11.6 Å². The number of rotatable bonds is 8. The smallest absolute Gasteiger partial charge is 0.347 e. The molecule has 1 aromatic heterocycles. The summed E-state index contributed by atoms with van der Waals surface area (Å²) in [4.78, 5) is 29.3. The minimum Gasteiger partial charge on any atom is -0.479 e. The van der Waals surface area contributed by atoms with Crippen molar-refractivity contribution < 1.29 is 14.3 Å². The molecule has 0 saturated heterocycles. The molecule has 1 heterocycles. The highest BCUT2D eigenvalue weighted by atomic mass is 79.9. The van der Waals surface area contributed by atoms with Crippen LogP contribution in [-0.4, -0.2) is 34.6 Å². The Kier molecular flexibility index (Phi) is 7.57. The summed E-state index contributed by atoms with van der Waals surface area (Å²) >= 11 is 3.40. The number of esters is 1. The van der Waals surface area contributed by atoms with E-state index < -0.39 is 12.1 Å². The van der Waals surface area contributed by atoms with Crippen molar-refractivity contribution in [1.29, 1.82) is 0 Å². The van der Waals surface area contributed by atoms with Crippen molar-refractivity contribution in [2.45, 2.75) is 39.7 Å². The summed E-state index contributed by atoms with van der Waals surface area (Å²) in [5.41, 5.74) is 1.22. The number of benzene rings is 2. The second kappa shape index (κ2) is 10.3. The third kappa shape index (κ3) is 5.58. The molecule has 0 unspecified atom stereocenters. The monoisotopic (exact) mass is 485 g/mol. The Hall–Kier alpha value is -3.00. The van der Waals surface area contributed by atoms with Crippen molar-refractivity contribution >= 4 is 39.0 Å². The molecule has 2 aromatic carbocycles. The summed E-state index contributed by atoms with van der Waals surface area (Å²) in [5, 5.41) is 4.91. The number of aryl methyl sites for hydroxylation is 1. The first-order valence-corrected chi connectivity index (χ1v) is 10.9. The Morgan fingerprint density at radius 3 is 2.65 bits per heavy atom. The largest absolute Gasteiger partial charge is 0.479 e. The van der Waals surface area contributed by atoms with E-state index in [2.05, 4.69) is 26.0 Å². The van der Waals surface area contributed by atoms with Gasteiger partial charge in [-0.05, 0) is 68.3 Å². The van der Waals surface area contributed by atoms with Gasteiger partial charge in [-0.1, -0.05) is 22.9 Å². The Labute approximate surface area is 188 Å². The lowest BCUT2D eigenvalue weighted by Crippen LogP contribution is -2.26. The van der Waals surface area contributed by atoms with Gasteiger partial charge in [0.25, 0.3) is 5.56 Å². The molecule has 7 nitrogen and oxygen atoms in total. The van der Waals surface area contributed by atoms with Gasteiger partial charge in [-0.2, -0.15) is 9.78 Å². The van der Waals surface area contributed by atoms with Crippen LogP contribution in [0.2, 0.25) is 0 Å². The zero-order valence-corrected chi connectivity index (χ0v) is 19.3. The lowest BCUT2D eigenvalue weighted by Gasteiger charge is -2.13. The van der Waals surface area contributed by atoms with Crippen LogP contribution >= 0.6 is 15.9 Å². The first-order valence-electron chi connectivity index (χ1n) is 10.1. The fourth-order valence-corrected chi connectivity index (χ4v) is 3.33. The molecule has 0 spiro atoms. The van der Waals surface area contributed by atoms with E-state index in [1.54, 1.807) is 50.4 Å². The quantitative estimate of drug-likeness (QED) is 0.350. The van der Waals surface area contributed by atoms with Crippen LogP contribution in [0.3, 0.4) is 0 Å². The molecule has 0 amide bonds. The second-order valence-electron chi connectivity index (χ2n) is 6.88. The first kappa shape index (κ1) is 22.7. The zero-order chi connectivity index (χ0) is 22.4. The summed E-state index contributed by atoms with van der Waals surface area (Å²) in [6.45, 7) is 5.73. The van der Waals surface area contributed by atoms with Gasteiger partial charge in [-0.3, -0.25) is 4.79 Å². The Morgan fingerprint density at radius 2 is 1.97 bits per heavy atom. The molecule has 0 aliphatic heterocycles. The molecule has 8 heteroatoms. The van der Waals surface area contributed by atoms with Gasteiger partial charge in [-0.25, -0.2) is 9.78 Å². The molecule has 0 N–H and O–H groups in total. The van der Waals surface area contributed by atoms with E-state index in [1.165, 1.54) is 4.68 Å². The molecular weight excluding hydrogens is 462 g/mol. The van der Waals surface area contributed by atoms with Crippen LogP contribution in [0.1, 0.15) is 38.6 Å². The summed E-state index contributed by atoms with van der Waals surface area (Å²) in [6.07, 6.45) is 2.38. The maximum absolute atomic E-state index is 13.0. The van der Waals surface area contributed by atoms with Crippen molar-refractivity contribution in [3.8, 4) is 5.75 Å². The minimum atomic E-state index is -0.697. The van der Waals surface area contributed by atoms with Crippen LogP contribution in [0.15, 0.2) is 56.8 Å². The van der Waals surface area contributed by atoms with Gasteiger partial charge in [0.15, 0.2) is 6.10 Å². The number of fused-ring (bicyclic) bond motifs is 1. The average molecular weight is 486 g/mol. The van der Waals surface area contributed by atoms with Gasteiger partial charge in [0, 0.05) is 10.9 Å². The lowest BCUT2D eigenvalue weighted by molar-refractivity contribution is -0.150. The number of carbonyl (C=O) groups is 1. The highest BCUT2D eigenvalue weighted by Gasteiger charge is 2.15. The van der Waals surface area contributed by atoms with E-state index in [9.17, 15) is 9.59 Å². The first-order chi connectivity index (χ1) is 14.9. The number of carbonyl (C=O) groups excluding carboxylic acids is 1. The van der Waals surface area contributed by atoms with E-state index in [-0.39, 0.29) is 5.56 Å². The fraction of sp³-hybridized carbons (Fsp3) is 0.304. The fourth-order valence-electron chi connectivity index (χ4n) is 2.97. The van der Waals surface area contributed by atoms with Crippen molar-refractivity contribution in [2.24, 2.45) is 5.10 Å². The SMILES string of the molecule is CCCc1nc2ccc(Br)cc2c(=O)n1N=Cc1ccc(O[C@@H](C)C(=O)OCC)cc1. The van der Waals surface area contributed by atoms with Crippen LogP contribution < -0.4 is 10.3 Å². The van der Waals surface area contributed by atoms with Crippen LogP contribution in [0.4, 0.5) is 0 Å². The maximum Gasteiger partial charge on any atom is 0.347 e. The molecule has 0 saturated carbocycles. The van der Waals surface area contributed by atoms with E-state index in [1.807, 2.05) is 19.1 Å². The van der Waals surface area contributed by atoms with Gasteiger partial charge >= 0.3 is 5.97 Å². The predicted octanol–water partition coefficient (Wildman–Crippen LogP) is 4.32. The molecule has 0 radical (unpaired) electrons. The molecule has 0 aliphatic rings. The number of hydrogen-bond acceptors (Lipinski definition) is 6. The van der Waals surface area contributed by atoms with Gasteiger partial charge in [0.05, 0.1) is 23.7 Å². The lowest BCUT2D eigenvalue weighted by atomic mass is 10.2. The molecule has 162 valence electrons. The van der Waals surface area contributed by atoms with Crippen molar-refractivity contribution in [1.82, 2.24) is 9.66 Å². The van der Waals surface area contributed by atoms with Crippen LogP contribution in [0.5, 0.6) is 5.75 Å². The second-order valence-corrected chi connectivity index (χ2v) is 7.80. The average Bonchev–Trinajstić information content (AvgIpc) is 2.75. The number of hydrogen-bond donors (Lipinski definition) is 0. The highest BCUT2D eigenvalue weighted by Crippen LogP contribution is 2.17. The van der Waals surface area contributed by atoms with Crippen LogP contribution in [0.25, 0.3) is 10.9 Å². The van der Waals surface area contributed by atoms with Crippen molar-refractivity contribution in [2.75, 3.05) is 6.61 Å². The summed E-state index contributed by atoms with van der Waals surface area (Å²) in [6, 6.07) is 12.5. The topological polar surface area (TPSA) is 82.8 Å². The molecule has 31 heavy (non-hydrogen) atoms. The number of halogens is 1. The summed E-state index contributed by atoms with van der Waals surface area (Å²) < 4.78 is 12.7. The molecule has 0 fully saturated rings. The standard InChI is InChI=1S/C23H24BrN3O4/c1-4-6-21-26-20-12-9-17(24)13-19(20)22(28)27(21)25-14-16-7-10-18(11-8-16)31-15(3)23(29)30-5-2/h7-15H,4-6H2,1-3H3/t15-/m0/s1. The van der Waals surface area contributed by atoms with E-state index in [0.29, 0.717) is 35.5 Å².